The molecular formula is C23H33IN6OS. The Morgan fingerprint density at radius 1 is 1.16 bits per heavy atom. The Balaban J connectivity index is 0.00000363. The number of aromatic nitrogens is 3. The Kier molecular flexibility index (Phi) is 9.65. The molecule has 0 amide bonds. The van der Waals surface area contributed by atoms with E-state index >= 15 is 0 Å². The molecule has 2 heterocycles. The van der Waals surface area contributed by atoms with E-state index in [9.17, 15) is 5.11 Å². The van der Waals surface area contributed by atoms with Crippen LogP contribution in [0.4, 0.5) is 0 Å². The molecule has 0 saturated carbocycles. The van der Waals surface area contributed by atoms with Gasteiger partial charge >= 0.3 is 0 Å². The summed E-state index contributed by atoms with van der Waals surface area (Å²) >= 11 is 1.69. The first-order valence-corrected chi connectivity index (χ1v) is 11.3. The number of guanidine groups is 1. The number of hydrogen-bond acceptors (Lipinski definition) is 5. The SMILES string of the molecule is Cc1nnc(CN=C(NCc2cccs2)NCC(O)c2ccc(C(C)(C)C)cc2)n1C.I. The first-order chi connectivity index (χ1) is 14.7. The van der Waals surface area contributed by atoms with Gasteiger partial charge in [0.25, 0.3) is 0 Å². The molecular weight excluding hydrogens is 535 g/mol. The number of halogens is 1. The lowest BCUT2D eigenvalue weighted by molar-refractivity contribution is 0.180. The van der Waals surface area contributed by atoms with E-state index in [2.05, 4.69) is 70.2 Å². The smallest absolute Gasteiger partial charge is 0.192 e. The van der Waals surface area contributed by atoms with Crippen LogP contribution >= 0.6 is 35.3 Å². The van der Waals surface area contributed by atoms with Gasteiger partial charge in [-0.3, -0.25) is 0 Å². The first-order valence-electron chi connectivity index (χ1n) is 10.4. The van der Waals surface area contributed by atoms with E-state index in [1.54, 1.807) is 11.3 Å². The summed E-state index contributed by atoms with van der Waals surface area (Å²) in [6.07, 6.45) is -0.639. The zero-order chi connectivity index (χ0) is 22.4. The average Bonchev–Trinajstić information content (AvgIpc) is 3.37. The van der Waals surface area contributed by atoms with E-state index in [-0.39, 0.29) is 29.4 Å². The standard InChI is InChI=1S/C23H32N6OS.HI/c1-16-27-28-21(29(16)5)15-26-22(24-13-19-7-6-12-31-19)25-14-20(30)17-8-10-18(11-9-17)23(2,3)4;/h6-12,20,30H,13-15H2,1-5H3,(H2,24,25,26);1H. The van der Waals surface area contributed by atoms with Crippen molar-refractivity contribution in [2.75, 3.05) is 6.54 Å². The molecule has 0 fully saturated rings. The van der Waals surface area contributed by atoms with Crippen LogP contribution in [0.2, 0.25) is 0 Å². The summed E-state index contributed by atoms with van der Waals surface area (Å²) in [6.45, 7) is 9.87. The Morgan fingerprint density at radius 2 is 1.88 bits per heavy atom. The minimum atomic E-state index is -0.639. The van der Waals surface area contributed by atoms with Crippen LogP contribution in [0.15, 0.2) is 46.8 Å². The molecule has 3 N–H and O–H groups in total. The molecule has 0 spiro atoms. The van der Waals surface area contributed by atoms with E-state index in [1.165, 1.54) is 10.4 Å². The summed E-state index contributed by atoms with van der Waals surface area (Å²) in [5.74, 6) is 2.26. The molecule has 174 valence electrons. The van der Waals surface area contributed by atoms with E-state index in [4.69, 9.17) is 0 Å². The summed E-state index contributed by atoms with van der Waals surface area (Å²) in [4.78, 5) is 5.85. The lowest BCUT2D eigenvalue weighted by atomic mass is 9.86. The van der Waals surface area contributed by atoms with Gasteiger partial charge in [0.15, 0.2) is 11.8 Å². The third kappa shape index (κ3) is 7.28. The van der Waals surface area contributed by atoms with Gasteiger partial charge in [-0.1, -0.05) is 51.1 Å². The van der Waals surface area contributed by atoms with Gasteiger partial charge in [0.05, 0.1) is 12.6 Å². The highest BCUT2D eigenvalue weighted by Crippen LogP contribution is 2.23. The molecule has 3 aromatic rings. The van der Waals surface area contributed by atoms with Crippen LogP contribution < -0.4 is 10.6 Å². The summed E-state index contributed by atoms with van der Waals surface area (Å²) in [7, 11) is 1.93. The van der Waals surface area contributed by atoms with Crippen molar-refractivity contribution in [1.29, 1.82) is 0 Å². The molecule has 0 radical (unpaired) electrons. The number of hydrogen-bond donors (Lipinski definition) is 3. The zero-order valence-electron chi connectivity index (χ0n) is 19.3. The largest absolute Gasteiger partial charge is 0.387 e. The lowest BCUT2D eigenvalue weighted by Crippen LogP contribution is -2.39. The maximum atomic E-state index is 10.7. The third-order valence-corrected chi connectivity index (χ3v) is 6.07. The quantitative estimate of drug-likeness (QED) is 0.227. The van der Waals surface area contributed by atoms with Gasteiger partial charge in [0.2, 0.25) is 0 Å². The number of thiophene rings is 1. The number of aliphatic hydroxyl groups is 1. The molecule has 3 rings (SSSR count). The monoisotopic (exact) mass is 568 g/mol. The van der Waals surface area contributed by atoms with Crippen LogP contribution in [-0.2, 0) is 25.6 Å². The number of aliphatic hydroxyl groups excluding tert-OH is 1. The van der Waals surface area contributed by atoms with Gasteiger partial charge in [0, 0.05) is 18.5 Å². The van der Waals surface area contributed by atoms with Crippen LogP contribution in [0.5, 0.6) is 0 Å². The highest BCUT2D eigenvalue weighted by Gasteiger charge is 2.15. The molecule has 7 nitrogen and oxygen atoms in total. The minimum Gasteiger partial charge on any atom is -0.387 e. The van der Waals surface area contributed by atoms with Crippen LogP contribution in [0, 0.1) is 6.92 Å². The fourth-order valence-corrected chi connectivity index (χ4v) is 3.66. The van der Waals surface area contributed by atoms with E-state index in [1.807, 2.05) is 36.7 Å². The van der Waals surface area contributed by atoms with Crippen LogP contribution in [0.1, 0.15) is 54.5 Å². The Morgan fingerprint density at radius 3 is 2.44 bits per heavy atom. The number of nitrogens with one attached hydrogen (secondary N) is 2. The van der Waals surface area contributed by atoms with Crippen LogP contribution in [-0.4, -0.2) is 32.4 Å². The lowest BCUT2D eigenvalue weighted by Gasteiger charge is -2.20. The molecule has 1 atom stereocenters. The van der Waals surface area contributed by atoms with E-state index < -0.39 is 6.10 Å². The van der Waals surface area contributed by atoms with Crippen molar-refractivity contribution in [1.82, 2.24) is 25.4 Å². The Labute approximate surface area is 211 Å². The predicted molar refractivity (Wildman–Crippen MR) is 142 cm³/mol. The van der Waals surface area contributed by atoms with Crippen LogP contribution in [0.3, 0.4) is 0 Å². The van der Waals surface area contributed by atoms with E-state index in [0.29, 0.717) is 25.6 Å². The zero-order valence-corrected chi connectivity index (χ0v) is 22.4. The molecule has 0 saturated heterocycles. The van der Waals surface area contributed by atoms with Gasteiger partial charge < -0.3 is 20.3 Å². The highest BCUT2D eigenvalue weighted by molar-refractivity contribution is 14.0. The second kappa shape index (κ2) is 11.8. The fourth-order valence-electron chi connectivity index (χ4n) is 3.01. The highest BCUT2D eigenvalue weighted by atomic mass is 127. The molecule has 0 aliphatic heterocycles. The average molecular weight is 569 g/mol. The van der Waals surface area contributed by atoms with Gasteiger partial charge in [-0.2, -0.15) is 0 Å². The van der Waals surface area contributed by atoms with Gasteiger partial charge in [-0.15, -0.1) is 45.5 Å². The second-order valence-corrected chi connectivity index (χ2v) is 9.62. The van der Waals surface area contributed by atoms with Crippen molar-refractivity contribution in [2.45, 2.75) is 52.3 Å². The molecule has 9 heteroatoms. The number of benzene rings is 1. The first kappa shape index (κ1) is 26.3. The second-order valence-electron chi connectivity index (χ2n) is 8.59. The maximum Gasteiger partial charge on any atom is 0.192 e. The summed E-state index contributed by atoms with van der Waals surface area (Å²) in [6, 6.07) is 12.3. The van der Waals surface area contributed by atoms with Gasteiger partial charge in [-0.25, -0.2) is 4.99 Å². The summed E-state index contributed by atoms with van der Waals surface area (Å²) in [5.41, 5.74) is 2.21. The molecule has 2 aromatic heterocycles. The summed E-state index contributed by atoms with van der Waals surface area (Å²) < 4.78 is 1.92. The van der Waals surface area contributed by atoms with Gasteiger partial charge in [-0.05, 0) is 34.9 Å². The van der Waals surface area contributed by atoms with Crippen molar-refractivity contribution in [3.05, 3.63) is 69.4 Å². The number of nitrogens with zero attached hydrogens (tertiary/aromatic N) is 4. The Bertz CT molecular complexity index is 993. The molecule has 0 aliphatic rings. The molecule has 1 aromatic carbocycles. The van der Waals surface area contributed by atoms with Crippen molar-refractivity contribution in [3.63, 3.8) is 0 Å². The fraction of sp³-hybridized carbons (Fsp3) is 0.435. The van der Waals surface area contributed by atoms with Crippen molar-refractivity contribution < 1.29 is 5.11 Å². The number of aliphatic imine (C=N–C) groups is 1. The number of aryl methyl sites for hydroxylation is 1. The predicted octanol–water partition coefficient (Wildman–Crippen LogP) is 4.07. The van der Waals surface area contributed by atoms with Crippen molar-refractivity contribution in [2.24, 2.45) is 12.0 Å². The third-order valence-electron chi connectivity index (χ3n) is 5.20. The topological polar surface area (TPSA) is 87.4 Å². The normalized spacial score (nSPS) is 12.9. The molecule has 1 unspecified atom stereocenters. The molecule has 0 bridgehead atoms. The summed E-state index contributed by atoms with van der Waals surface area (Å²) in [5, 5.41) is 27.6. The van der Waals surface area contributed by atoms with Crippen molar-refractivity contribution in [3.8, 4) is 0 Å². The maximum absolute atomic E-state index is 10.7. The minimum absolute atomic E-state index is 0. The van der Waals surface area contributed by atoms with Crippen molar-refractivity contribution >= 4 is 41.3 Å². The van der Waals surface area contributed by atoms with Gasteiger partial charge in [0.1, 0.15) is 12.4 Å². The Hall–Kier alpha value is -1.98. The molecule has 32 heavy (non-hydrogen) atoms. The van der Waals surface area contributed by atoms with E-state index in [0.717, 1.165) is 17.2 Å². The molecule has 0 aliphatic carbocycles. The van der Waals surface area contributed by atoms with Crippen LogP contribution in [0.25, 0.3) is 0 Å². The number of rotatable bonds is 7.